The van der Waals surface area contributed by atoms with Gasteiger partial charge in [0.15, 0.2) is 0 Å². The molecule has 1 atom stereocenters. The molecule has 1 aromatic rings. The van der Waals surface area contributed by atoms with E-state index in [0.29, 0.717) is 18.3 Å². The Morgan fingerprint density at radius 2 is 2.25 bits per heavy atom. The van der Waals surface area contributed by atoms with Crippen molar-refractivity contribution < 1.29 is 5.11 Å². The smallest absolute Gasteiger partial charge is 0.0917 e. The molecule has 0 saturated heterocycles. The summed E-state index contributed by atoms with van der Waals surface area (Å²) in [4.78, 5) is 2.34. The van der Waals surface area contributed by atoms with Gasteiger partial charge in [-0.1, -0.05) is 19.1 Å². The van der Waals surface area contributed by atoms with E-state index in [9.17, 15) is 5.11 Å². The van der Waals surface area contributed by atoms with E-state index >= 15 is 0 Å². The first kappa shape index (κ1) is 11.4. The van der Waals surface area contributed by atoms with Gasteiger partial charge in [-0.05, 0) is 37.1 Å². The Hall–Kier alpha value is -1.06. The molecule has 3 N–H and O–H groups in total. The summed E-state index contributed by atoms with van der Waals surface area (Å²) in [7, 11) is 0. The minimum absolute atomic E-state index is 0.427. The van der Waals surface area contributed by atoms with Gasteiger partial charge in [0.1, 0.15) is 0 Å². The van der Waals surface area contributed by atoms with Crippen molar-refractivity contribution in [1.29, 1.82) is 0 Å². The largest absolute Gasteiger partial charge is 0.399 e. The van der Waals surface area contributed by atoms with Crippen molar-refractivity contribution in [1.82, 2.24) is 4.90 Å². The van der Waals surface area contributed by atoms with Crippen LogP contribution < -0.4 is 5.73 Å². The molecule has 3 nitrogen and oxygen atoms in total. The van der Waals surface area contributed by atoms with Crippen LogP contribution in [0.15, 0.2) is 24.3 Å². The second-order valence-electron chi connectivity index (χ2n) is 4.50. The summed E-state index contributed by atoms with van der Waals surface area (Å²) < 4.78 is 0. The van der Waals surface area contributed by atoms with Gasteiger partial charge in [-0.25, -0.2) is 0 Å². The highest BCUT2D eigenvalue weighted by atomic mass is 16.3. The zero-order chi connectivity index (χ0) is 11.5. The predicted molar refractivity (Wildman–Crippen MR) is 66.1 cm³/mol. The lowest BCUT2D eigenvalue weighted by Gasteiger charge is -2.23. The fourth-order valence-electron chi connectivity index (χ4n) is 2.07. The highest BCUT2D eigenvalue weighted by Crippen LogP contribution is 2.28. The van der Waals surface area contributed by atoms with E-state index < -0.39 is 6.10 Å². The molecule has 0 bridgehead atoms. The number of anilines is 1. The molecule has 1 unspecified atom stereocenters. The van der Waals surface area contributed by atoms with Crippen LogP contribution in [0, 0.1) is 0 Å². The number of nitrogens with zero attached hydrogens (tertiary/aromatic N) is 1. The molecule has 0 aromatic heterocycles. The Labute approximate surface area is 96.9 Å². The molecular weight excluding hydrogens is 200 g/mol. The Kier molecular flexibility index (Phi) is 3.46. The minimum atomic E-state index is -0.427. The summed E-state index contributed by atoms with van der Waals surface area (Å²) >= 11 is 0. The molecule has 1 fully saturated rings. The molecule has 0 heterocycles. The van der Waals surface area contributed by atoms with Crippen LogP contribution in [0.25, 0.3) is 0 Å². The van der Waals surface area contributed by atoms with Crippen molar-refractivity contribution in [3.05, 3.63) is 29.8 Å². The highest BCUT2D eigenvalue weighted by Gasteiger charge is 2.29. The number of hydrogen-bond donors (Lipinski definition) is 2. The minimum Gasteiger partial charge on any atom is -0.399 e. The van der Waals surface area contributed by atoms with Crippen LogP contribution >= 0.6 is 0 Å². The summed E-state index contributed by atoms with van der Waals surface area (Å²) in [6, 6.07) is 8.21. The maximum Gasteiger partial charge on any atom is 0.0917 e. The van der Waals surface area contributed by atoms with Gasteiger partial charge >= 0.3 is 0 Å². The van der Waals surface area contributed by atoms with Gasteiger partial charge < -0.3 is 10.8 Å². The van der Waals surface area contributed by atoms with Crippen LogP contribution in [0.4, 0.5) is 5.69 Å². The highest BCUT2D eigenvalue weighted by molar-refractivity contribution is 5.41. The lowest BCUT2D eigenvalue weighted by molar-refractivity contribution is 0.112. The summed E-state index contributed by atoms with van der Waals surface area (Å²) in [6.07, 6.45) is 2.12. The number of rotatable bonds is 5. The van der Waals surface area contributed by atoms with Crippen molar-refractivity contribution in [2.24, 2.45) is 0 Å². The molecule has 1 aromatic carbocycles. The van der Waals surface area contributed by atoms with Crippen molar-refractivity contribution in [3.63, 3.8) is 0 Å². The van der Waals surface area contributed by atoms with Gasteiger partial charge in [0.2, 0.25) is 0 Å². The number of aliphatic hydroxyl groups is 1. The zero-order valence-electron chi connectivity index (χ0n) is 9.76. The fourth-order valence-corrected chi connectivity index (χ4v) is 2.07. The van der Waals surface area contributed by atoms with Crippen LogP contribution in [-0.4, -0.2) is 29.1 Å². The Balaban J connectivity index is 1.98. The monoisotopic (exact) mass is 220 g/mol. The first-order chi connectivity index (χ1) is 7.70. The maximum absolute atomic E-state index is 10.1. The van der Waals surface area contributed by atoms with Crippen molar-refractivity contribution in [2.75, 3.05) is 18.8 Å². The average Bonchev–Trinajstić information content (AvgIpc) is 3.09. The first-order valence-electron chi connectivity index (χ1n) is 5.98. The number of benzene rings is 1. The van der Waals surface area contributed by atoms with Gasteiger partial charge in [-0.3, -0.25) is 4.90 Å². The van der Waals surface area contributed by atoms with Gasteiger partial charge in [0.05, 0.1) is 6.10 Å². The number of nitrogen functional groups attached to an aromatic ring is 1. The Bertz CT molecular complexity index is 350. The molecular formula is C13H20N2O. The number of hydrogen-bond acceptors (Lipinski definition) is 3. The summed E-state index contributed by atoms with van der Waals surface area (Å²) in [6.45, 7) is 3.86. The molecule has 0 aliphatic heterocycles. The normalized spacial score (nSPS) is 17.7. The van der Waals surface area contributed by atoms with Crippen molar-refractivity contribution in [2.45, 2.75) is 31.9 Å². The molecule has 3 heteroatoms. The van der Waals surface area contributed by atoms with Gasteiger partial charge in [-0.2, -0.15) is 0 Å². The summed E-state index contributed by atoms with van der Waals surface area (Å²) in [5.74, 6) is 0. The summed E-state index contributed by atoms with van der Waals surface area (Å²) in [5.41, 5.74) is 7.34. The predicted octanol–water partition coefficient (Wildman–Crippen LogP) is 1.79. The van der Waals surface area contributed by atoms with Crippen molar-refractivity contribution in [3.8, 4) is 0 Å². The molecule has 0 spiro atoms. The fraction of sp³-hybridized carbons (Fsp3) is 0.538. The quantitative estimate of drug-likeness (QED) is 0.744. The van der Waals surface area contributed by atoms with Gasteiger partial charge in [-0.15, -0.1) is 0 Å². The third kappa shape index (κ3) is 2.74. The second-order valence-corrected chi connectivity index (χ2v) is 4.50. The molecule has 1 aliphatic carbocycles. The van der Waals surface area contributed by atoms with E-state index in [-0.39, 0.29) is 0 Å². The molecule has 16 heavy (non-hydrogen) atoms. The number of aliphatic hydroxyl groups excluding tert-OH is 1. The first-order valence-corrected chi connectivity index (χ1v) is 5.98. The third-order valence-electron chi connectivity index (χ3n) is 3.17. The molecule has 2 rings (SSSR count). The van der Waals surface area contributed by atoms with E-state index in [2.05, 4.69) is 11.8 Å². The van der Waals surface area contributed by atoms with E-state index in [4.69, 9.17) is 5.73 Å². The Morgan fingerprint density at radius 3 is 2.81 bits per heavy atom. The van der Waals surface area contributed by atoms with E-state index in [0.717, 1.165) is 12.1 Å². The number of likely N-dealkylation sites (N-methyl/N-ethyl adjacent to an activating group) is 1. The lowest BCUT2D eigenvalue weighted by Crippen LogP contribution is -2.30. The second kappa shape index (κ2) is 4.85. The van der Waals surface area contributed by atoms with Gasteiger partial charge in [0.25, 0.3) is 0 Å². The molecule has 0 amide bonds. The molecule has 88 valence electrons. The zero-order valence-corrected chi connectivity index (χ0v) is 9.76. The SMILES string of the molecule is CCN(CC(O)c1cccc(N)c1)C1CC1. The van der Waals surface area contributed by atoms with Crippen LogP contribution in [0.2, 0.25) is 0 Å². The van der Waals surface area contributed by atoms with E-state index in [1.807, 2.05) is 24.3 Å². The summed E-state index contributed by atoms with van der Waals surface area (Å²) in [5, 5.41) is 10.1. The molecule has 1 saturated carbocycles. The van der Waals surface area contributed by atoms with E-state index in [1.54, 1.807) is 0 Å². The maximum atomic E-state index is 10.1. The lowest BCUT2D eigenvalue weighted by atomic mass is 10.1. The van der Waals surface area contributed by atoms with E-state index in [1.165, 1.54) is 12.8 Å². The van der Waals surface area contributed by atoms with Crippen LogP contribution in [0.5, 0.6) is 0 Å². The average molecular weight is 220 g/mol. The number of nitrogens with two attached hydrogens (primary N) is 1. The standard InChI is InChI=1S/C13H20N2O/c1-2-15(12-6-7-12)9-13(16)10-4-3-5-11(14)8-10/h3-5,8,12-13,16H,2,6-7,9,14H2,1H3. The molecule has 0 radical (unpaired) electrons. The van der Waals surface area contributed by atoms with Crippen molar-refractivity contribution >= 4 is 5.69 Å². The van der Waals surface area contributed by atoms with Crippen LogP contribution in [0.3, 0.4) is 0 Å². The molecule has 1 aliphatic rings. The van der Waals surface area contributed by atoms with Crippen LogP contribution in [-0.2, 0) is 0 Å². The Morgan fingerprint density at radius 1 is 1.50 bits per heavy atom. The third-order valence-corrected chi connectivity index (χ3v) is 3.17. The van der Waals surface area contributed by atoms with Crippen LogP contribution in [0.1, 0.15) is 31.4 Å². The van der Waals surface area contributed by atoms with Gasteiger partial charge in [0, 0.05) is 18.3 Å². The topological polar surface area (TPSA) is 49.5 Å².